The van der Waals surface area contributed by atoms with E-state index in [9.17, 15) is 0 Å². The highest BCUT2D eigenvalue weighted by molar-refractivity contribution is 4.44. The highest BCUT2D eigenvalue weighted by atomic mass is 16.5. The molecule has 0 saturated heterocycles. The van der Waals surface area contributed by atoms with Crippen LogP contribution in [0.15, 0.2) is 0 Å². The molecule has 0 aromatic rings. The number of hydrogen-bond donors (Lipinski definition) is 2. The molecule has 0 aromatic heterocycles. The van der Waals surface area contributed by atoms with Gasteiger partial charge in [0.25, 0.3) is 0 Å². The van der Waals surface area contributed by atoms with E-state index in [-0.39, 0.29) is 0 Å². The van der Waals surface area contributed by atoms with Crippen molar-refractivity contribution in [2.45, 2.75) is 26.7 Å². The molecule has 0 aliphatic rings. The average Bonchev–Trinajstić information content (AvgIpc) is 2.43. The Morgan fingerprint density at radius 1 is 0.579 bits per heavy atom. The zero-order valence-electron chi connectivity index (χ0n) is 12.7. The van der Waals surface area contributed by atoms with Crippen molar-refractivity contribution in [2.24, 2.45) is 0 Å². The molecule has 0 amide bonds. The van der Waals surface area contributed by atoms with Crippen molar-refractivity contribution < 1.29 is 14.2 Å². The summed E-state index contributed by atoms with van der Waals surface area (Å²) in [5.41, 5.74) is 0. The third kappa shape index (κ3) is 17.8. The van der Waals surface area contributed by atoms with E-state index in [1.54, 1.807) is 0 Å². The van der Waals surface area contributed by atoms with Crippen LogP contribution in [-0.4, -0.2) is 65.8 Å². The highest BCUT2D eigenvalue weighted by Crippen LogP contribution is 1.85. The third-order valence-corrected chi connectivity index (χ3v) is 2.53. The minimum Gasteiger partial charge on any atom is -0.379 e. The van der Waals surface area contributed by atoms with Gasteiger partial charge in [0.1, 0.15) is 0 Å². The fraction of sp³-hybridized carbons (Fsp3) is 1.00. The normalized spacial score (nSPS) is 11.1. The van der Waals surface area contributed by atoms with Crippen LogP contribution in [0.5, 0.6) is 0 Å². The van der Waals surface area contributed by atoms with Crippen LogP contribution in [0.2, 0.25) is 0 Å². The van der Waals surface area contributed by atoms with Gasteiger partial charge in [0.2, 0.25) is 0 Å². The van der Waals surface area contributed by atoms with Crippen molar-refractivity contribution in [3.05, 3.63) is 0 Å². The molecule has 5 nitrogen and oxygen atoms in total. The summed E-state index contributed by atoms with van der Waals surface area (Å²) in [6.45, 7) is 12.6. The van der Waals surface area contributed by atoms with Crippen LogP contribution < -0.4 is 10.6 Å². The van der Waals surface area contributed by atoms with Crippen molar-refractivity contribution in [2.75, 3.05) is 65.8 Å². The van der Waals surface area contributed by atoms with Gasteiger partial charge in [-0.2, -0.15) is 0 Å². The number of hydrogen-bond acceptors (Lipinski definition) is 5. The van der Waals surface area contributed by atoms with E-state index >= 15 is 0 Å². The van der Waals surface area contributed by atoms with Crippen molar-refractivity contribution >= 4 is 0 Å². The van der Waals surface area contributed by atoms with Crippen LogP contribution >= 0.6 is 0 Å². The first kappa shape index (κ1) is 18.8. The van der Waals surface area contributed by atoms with E-state index in [0.717, 1.165) is 52.2 Å². The summed E-state index contributed by atoms with van der Waals surface area (Å²) in [5, 5.41) is 6.52. The second-order valence-electron chi connectivity index (χ2n) is 4.25. The van der Waals surface area contributed by atoms with Gasteiger partial charge in [-0.05, 0) is 39.0 Å². The smallest absolute Gasteiger partial charge is 0.0701 e. The summed E-state index contributed by atoms with van der Waals surface area (Å²) >= 11 is 0. The molecular weight excluding hydrogens is 244 g/mol. The molecule has 0 saturated carbocycles. The van der Waals surface area contributed by atoms with Crippen LogP contribution in [-0.2, 0) is 14.2 Å². The number of nitrogens with one attached hydrogen (secondary N) is 2. The van der Waals surface area contributed by atoms with Crippen LogP contribution in [0.3, 0.4) is 0 Å². The molecule has 0 rings (SSSR count). The van der Waals surface area contributed by atoms with Crippen molar-refractivity contribution in [3.8, 4) is 0 Å². The Kier molecular flexibility index (Phi) is 17.6. The molecule has 0 aliphatic heterocycles. The topological polar surface area (TPSA) is 51.8 Å². The van der Waals surface area contributed by atoms with Gasteiger partial charge in [-0.3, -0.25) is 0 Å². The summed E-state index contributed by atoms with van der Waals surface area (Å²) in [7, 11) is 0. The predicted octanol–water partition coefficient (Wildman–Crippen LogP) is 1.04. The molecule has 0 bridgehead atoms. The Labute approximate surface area is 118 Å². The lowest BCUT2D eigenvalue weighted by Crippen LogP contribution is -2.17. The SMILES string of the molecule is CCNCCCOCCOCCOCCCNCC. The lowest BCUT2D eigenvalue weighted by molar-refractivity contribution is 0.0139. The van der Waals surface area contributed by atoms with Crippen molar-refractivity contribution in [1.29, 1.82) is 0 Å². The minimum absolute atomic E-state index is 0.655. The van der Waals surface area contributed by atoms with E-state index < -0.39 is 0 Å². The van der Waals surface area contributed by atoms with E-state index in [0.29, 0.717) is 26.4 Å². The molecule has 19 heavy (non-hydrogen) atoms. The van der Waals surface area contributed by atoms with Gasteiger partial charge in [0, 0.05) is 13.2 Å². The number of ether oxygens (including phenoxy) is 3. The quantitative estimate of drug-likeness (QED) is 0.413. The molecule has 0 unspecified atom stereocenters. The lowest BCUT2D eigenvalue weighted by Gasteiger charge is -2.07. The van der Waals surface area contributed by atoms with Gasteiger partial charge in [-0.15, -0.1) is 0 Å². The first-order chi connectivity index (χ1) is 9.41. The summed E-state index contributed by atoms with van der Waals surface area (Å²) in [6, 6.07) is 0. The van der Waals surface area contributed by atoms with Crippen LogP contribution in [0.1, 0.15) is 26.7 Å². The predicted molar refractivity (Wildman–Crippen MR) is 78.8 cm³/mol. The molecule has 0 heterocycles. The second kappa shape index (κ2) is 17.8. The fourth-order valence-corrected chi connectivity index (χ4v) is 1.49. The molecule has 2 N–H and O–H groups in total. The summed E-state index contributed by atoms with van der Waals surface area (Å²) in [5.74, 6) is 0. The van der Waals surface area contributed by atoms with E-state index in [1.165, 1.54) is 0 Å². The molecule has 0 aromatic carbocycles. The summed E-state index contributed by atoms with van der Waals surface area (Å²) < 4.78 is 16.3. The molecule has 0 aliphatic carbocycles. The van der Waals surface area contributed by atoms with E-state index in [1.807, 2.05) is 0 Å². The van der Waals surface area contributed by atoms with Crippen molar-refractivity contribution in [3.63, 3.8) is 0 Å². The average molecular weight is 276 g/mol. The maximum atomic E-state index is 5.44. The largest absolute Gasteiger partial charge is 0.379 e. The summed E-state index contributed by atoms with van der Waals surface area (Å²) in [6.07, 6.45) is 2.12. The standard InChI is InChI=1S/C14H32N2O3/c1-3-15-7-5-9-17-11-13-19-14-12-18-10-6-8-16-4-2/h15-16H,3-14H2,1-2H3. The summed E-state index contributed by atoms with van der Waals surface area (Å²) in [4.78, 5) is 0. The van der Waals surface area contributed by atoms with E-state index in [4.69, 9.17) is 14.2 Å². The fourth-order valence-electron chi connectivity index (χ4n) is 1.49. The zero-order valence-corrected chi connectivity index (χ0v) is 12.7. The monoisotopic (exact) mass is 276 g/mol. The van der Waals surface area contributed by atoms with Gasteiger partial charge < -0.3 is 24.8 Å². The molecule has 0 atom stereocenters. The highest BCUT2D eigenvalue weighted by Gasteiger charge is 1.92. The van der Waals surface area contributed by atoms with Gasteiger partial charge in [-0.1, -0.05) is 13.8 Å². The Hall–Kier alpha value is -0.200. The van der Waals surface area contributed by atoms with Gasteiger partial charge in [-0.25, -0.2) is 0 Å². The first-order valence-corrected chi connectivity index (χ1v) is 7.56. The Morgan fingerprint density at radius 2 is 0.947 bits per heavy atom. The van der Waals surface area contributed by atoms with Crippen LogP contribution in [0, 0.1) is 0 Å². The third-order valence-electron chi connectivity index (χ3n) is 2.53. The maximum absolute atomic E-state index is 5.44. The molecule has 0 radical (unpaired) electrons. The van der Waals surface area contributed by atoms with Crippen LogP contribution in [0.4, 0.5) is 0 Å². The minimum atomic E-state index is 0.655. The zero-order chi connectivity index (χ0) is 14.0. The Balaban J connectivity index is 2.88. The first-order valence-electron chi connectivity index (χ1n) is 7.56. The Morgan fingerprint density at radius 3 is 1.32 bits per heavy atom. The van der Waals surface area contributed by atoms with Crippen LogP contribution in [0.25, 0.3) is 0 Å². The molecule has 5 heteroatoms. The molecule has 0 fully saturated rings. The van der Waals surface area contributed by atoms with Gasteiger partial charge >= 0.3 is 0 Å². The lowest BCUT2D eigenvalue weighted by atomic mass is 10.4. The van der Waals surface area contributed by atoms with E-state index in [2.05, 4.69) is 24.5 Å². The van der Waals surface area contributed by atoms with Gasteiger partial charge in [0.15, 0.2) is 0 Å². The Bertz CT molecular complexity index is 144. The molecular formula is C14H32N2O3. The van der Waals surface area contributed by atoms with Crippen molar-refractivity contribution in [1.82, 2.24) is 10.6 Å². The second-order valence-corrected chi connectivity index (χ2v) is 4.25. The van der Waals surface area contributed by atoms with Gasteiger partial charge in [0.05, 0.1) is 26.4 Å². The molecule has 116 valence electrons. The number of rotatable bonds is 16. The molecule has 0 spiro atoms. The maximum Gasteiger partial charge on any atom is 0.0701 e.